The lowest BCUT2D eigenvalue weighted by Crippen LogP contribution is -2.57. The first kappa shape index (κ1) is 27.5. The molecule has 4 rings (SSSR count). The highest BCUT2D eigenvalue weighted by Crippen LogP contribution is 2.36. The lowest BCUT2D eigenvalue weighted by molar-refractivity contribution is -0.144. The van der Waals surface area contributed by atoms with E-state index in [0.29, 0.717) is 12.0 Å². The van der Waals surface area contributed by atoms with E-state index >= 15 is 4.48 Å². The van der Waals surface area contributed by atoms with Crippen LogP contribution in [0.3, 0.4) is 0 Å². The van der Waals surface area contributed by atoms with Gasteiger partial charge in [-0.05, 0) is 69.2 Å². The van der Waals surface area contributed by atoms with Crippen LogP contribution in [0.25, 0.3) is 0 Å². The maximum atomic E-state index is 15.5. The molecule has 9 heteroatoms. The molecule has 2 aliphatic rings. The number of fused-ring (bicyclic) bond motifs is 1. The molecule has 204 valence electrons. The topological polar surface area (TPSA) is 79.0 Å². The summed E-state index contributed by atoms with van der Waals surface area (Å²) in [4.78, 5) is 41.8. The minimum atomic E-state index is -1.32. The lowest BCUT2D eigenvalue weighted by atomic mass is 9.82. The number of rotatable bonds is 5. The zero-order valence-corrected chi connectivity index (χ0v) is 22.1. The van der Waals surface area contributed by atoms with E-state index in [2.05, 4.69) is 5.32 Å². The first-order valence-electron chi connectivity index (χ1n) is 13.2. The van der Waals surface area contributed by atoms with Gasteiger partial charge in [-0.3, -0.25) is 9.59 Å². The number of hydrogen-bond acceptors (Lipinski definition) is 4. The Bertz CT molecular complexity index is 1180. The lowest BCUT2D eigenvalue weighted by Gasteiger charge is -2.41. The highest BCUT2D eigenvalue weighted by atomic mass is 19.2. The summed E-state index contributed by atoms with van der Waals surface area (Å²) in [5.74, 6) is -2.59. The smallest absolute Gasteiger partial charge is 0.408 e. The molecule has 0 radical (unpaired) electrons. The van der Waals surface area contributed by atoms with Crippen LogP contribution in [0.5, 0.6) is 0 Å². The molecule has 1 aliphatic heterocycles. The van der Waals surface area contributed by atoms with Crippen LogP contribution < -0.4 is 10.4 Å². The standard InChI is InChI=1S/C29H35F2N3O4/c1-29(2,3)38-28(37)32-24(20-12-5-4-6-13-20)26(35)33-18-17-19-11-7-8-14-21(19)25(33)27(36)34(31)23-16-10-9-15-22(23)30/h7-11,14-16,20,24-25H,4-6,12-13,17-18H2,1-3H3,(H,32,37)/t24-,25-/m0/s1. The third-order valence-corrected chi connectivity index (χ3v) is 7.12. The van der Waals surface area contributed by atoms with Gasteiger partial charge < -0.3 is 15.0 Å². The van der Waals surface area contributed by atoms with Crippen molar-refractivity contribution < 1.29 is 28.0 Å². The highest BCUT2D eigenvalue weighted by molar-refractivity contribution is 5.99. The number of alkyl carbamates (subject to hydrolysis) is 1. The summed E-state index contributed by atoms with van der Waals surface area (Å²) in [5, 5.41) is 2.54. The fourth-order valence-electron chi connectivity index (χ4n) is 5.37. The average Bonchev–Trinajstić information content (AvgIpc) is 2.89. The zero-order chi connectivity index (χ0) is 27.4. The van der Waals surface area contributed by atoms with Crippen LogP contribution in [0.4, 0.5) is 19.4 Å². The Labute approximate surface area is 222 Å². The maximum absolute atomic E-state index is 15.5. The fraction of sp³-hybridized carbons (Fsp3) is 0.483. The molecule has 0 saturated heterocycles. The van der Waals surface area contributed by atoms with E-state index in [4.69, 9.17) is 4.74 Å². The molecule has 38 heavy (non-hydrogen) atoms. The van der Waals surface area contributed by atoms with Gasteiger partial charge >= 0.3 is 6.09 Å². The van der Waals surface area contributed by atoms with E-state index in [1.807, 2.05) is 12.1 Å². The van der Waals surface area contributed by atoms with Crippen molar-refractivity contribution >= 4 is 23.6 Å². The maximum Gasteiger partial charge on any atom is 0.408 e. The van der Waals surface area contributed by atoms with Gasteiger partial charge in [0.2, 0.25) is 5.91 Å². The number of nitrogens with one attached hydrogen (secondary N) is 1. The Morgan fingerprint density at radius 1 is 1.03 bits per heavy atom. The highest BCUT2D eigenvalue weighted by Gasteiger charge is 2.44. The molecule has 7 nitrogen and oxygen atoms in total. The predicted octanol–water partition coefficient (Wildman–Crippen LogP) is 5.64. The molecule has 0 aromatic heterocycles. The SMILES string of the molecule is CC(C)(C)OC(=O)N[C@H](C(=O)N1CCc2ccccc2[C@H]1C(=O)N(F)c1ccccc1F)C1CCCCC1. The van der Waals surface area contributed by atoms with Crippen LogP contribution in [-0.2, 0) is 20.7 Å². The summed E-state index contributed by atoms with van der Waals surface area (Å²) < 4.78 is 35.3. The first-order valence-corrected chi connectivity index (χ1v) is 13.2. The van der Waals surface area contributed by atoms with Crippen molar-refractivity contribution in [1.29, 1.82) is 0 Å². The molecule has 0 spiro atoms. The van der Waals surface area contributed by atoms with E-state index < -0.39 is 47.1 Å². The second-order valence-corrected chi connectivity index (χ2v) is 11.0. The minimum absolute atomic E-state index is 0.148. The Balaban J connectivity index is 1.69. The van der Waals surface area contributed by atoms with Gasteiger partial charge in [0.1, 0.15) is 29.2 Å². The molecule has 2 atom stereocenters. The van der Waals surface area contributed by atoms with E-state index in [9.17, 15) is 18.8 Å². The van der Waals surface area contributed by atoms with Gasteiger partial charge in [0.25, 0.3) is 5.91 Å². The van der Waals surface area contributed by atoms with Crippen molar-refractivity contribution in [3.63, 3.8) is 0 Å². The number of halogens is 2. The molecule has 0 bridgehead atoms. The van der Waals surface area contributed by atoms with Crippen LogP contribution in [0.15, 0.2) is 48.5 Å². The normalized spacial score (nSPS) is 18.8. The number of nitrogens with zero attached hydrogens (tertiary/aromatic N) is 2. The molecule has 1 heterocycles. The molecule has 2 aromatic carbocycles. The van der Waals surface area contributed by atoms with Crippen LogP contribution >= 0.6 is 0 Å². The fourth-order valence-corrected chi connectivity index (χ4v) is 5.37. The van der Waals surface area contributed by atoms with E-state index in [1.54, 1.807) is 32.9 Å². The predicted molar refractivity (Wildman–Crippen MR) is 139 cm³/mol. The van der Waals surface area contributed by atoms with Crippen LogP contribution in [0, 0.1) is 11.7 Å². The second-order valence-electron chi connectivity index (χ2n) is 11.0. The van der Waals surface area contributed by atoms with Gasteiger partial charge in [0.05, 0.1) is 0 Å². The number of carbonyl (C=O) groups excluding carboxylic acids is 3. The van der Waals surface area contributed by atoms with Crippen molar-refractivity contribution in [2.75, 3.05) is 11.7 Å². The minimum Gasteiger partial charge on any atom is -0.444 e. The molecule has 1 N–H and O–H groups in total. The van der Waals surface area contributed by atoms with Crippen LogP contribution in [0.1, 0.15) is 70.0 Å². The van der Waals surface area contributed by atoms with Crippen LogP contribution in [-0.4, -0.2) is 41.0 Å². The number of benzene rings is 2. The molecular weight excluding hydrogens is 492 g/mol. The van der Waals surface area contributed by atoms with Crippen molar-refractivity contribution in [2.45, 2.75) is 77.0 Å². The quantitative estimate of drug-likeness (QED) is 0.511. The zero-order valence-electron chi connectivity index (χ0n) is 22.1. The molecule has 2 aromatic rings. The van der Waals surface area contributed by atoms with Crippen molar-refractivity contribution in [2.24, 2.45) is 5.92 Å². The molecule has 1 aliphatic carbocycles. The molecule has 0 unspecified atom stereocenters. The van der Waals surface area contributed by atoms with Gasteiger partial charge in [-0.25, -0.2) is 9.18 Å². The van der Waals surface area contributed by atoms with Crippen molar-refractivity contribution in [3.05, 3.63) is 65.5 Å². The van der Waals surface area contributed by atoms with Crippen LogP contribution in [0.2, 0.25) is 0 Å². The van der Waals surface area contributed by atoms with Gasteiger partial charge in [-0.1, -0.05) is 60.1 Å². The third-order valence-electron chi connectivity index (χ3n) is 7.12. The number of anilines is 1. The summed E-state index contributed by atoms with van der Waals surface area (Å²) in [6.45, 7) is 5.35. The summed E-state index contributed by atoms with van der Waals surface area (Å²) in [5.41, 5.74) is 0.00644. The van der Waals surface area contributed by atoms with E-state index in [1.165, 1.54) is 23.1 Å². The molecule has 3 amide bonds. The molecule has 1 fully saturated rings. The first-order chi connectivity index (χ1) is 18.1. The number of para-hydroxylation sites is 1. The number of carbonyl (C=O) groups is 3. The van der Waals surface area contributed by atoms with Crippen molar-refractivity contribution in [1.82, 2.24) is 10.2 Å². The summed E-state index contributed by atoms with van der Waals surface area (Å²) in [7, 11) is 0. The van der Waals surface area contributed by atoms with Gasteiger partial charge in [-0.2, -0.15) is 0 Å². The van der Waals surface area contributed by atoms with Gasteiger partial charge in [0, 0.05) is 6.54 Å². The van der Waals surface area contributed by atoms with Gasteiger partial charge in [-0.15, -0.1) is 5.12 Å². The third kappa shape index (κ3) is 6.14. The Hall–Kier alpha value is -3.49. The number of hydrogen-bond donors (Lipinski definition) is 1. The Morgan fingerprint density at radius 3 is 2.37 bits per heavy atom. The van der Waals surface area contributed by atoms with Gasteiger partial charge in [0.15, 0.2) is 0 Å². The average molecular weight is 528 g/mol. The number of amides is 3. The number of ether oxygens (including phenoxy) is 1. The monoisotopic (exact) mass is 527 g/mol. The summed E-state index contributed by atoms with van der Waals surface area (Å²) in [6, 6.07) is 9.87. The van der Waals surface area contributed by atoms with E-state index in [-0.39, 0.29) is 17.6 Å². The summed E-state index contributed by atoms with van der Waals surface area (Å²) >= 11 is 0. The van der Waals surface area contributed by atoms with E-state index in [0.717, 1.165) is 43.7 Å². The largest absolute Gasteiger partial charge is 0.444 e. The van der Waals surface area contributed by atoms with Crippen molar-refractivity contribution in [3.8, 4) is 0 Å². The molecular formula is C29H35F2N3O4. The Morgan fingerprint density at radius 2 is 1.68 bits per heavy atom. The molecule has 1 saturated carbocycles. The Kier molecular flexibility index (Phi) is 8.33. The second kappa shape index (κ2) is 11.5. The summed E-state index contributed by atoms with van der Waals surface area (Å²) in [6.07, 6.45) is 4.09.